The molecule has 158 valence electrons. The number of hydrogen-bond donors (Lipinski definition) is 1. The number of carbonyl (C=O) groups is 1. The topological polar surface area (TPSA) is 64.2 Å². The number of nitrogens with one attached hydrogen (secondary N) is 1. The number of carbonyl (C=O) groups excluding carboxylic acids is 1. The van der Waals surface area contributed by atoms with Crippen molar-refractivity contribution in [1.82, 2.24) is 24.3 Å². The highest BCUT2D eigenvalue weighted by Gasteiger charge is 2.18. The Morgan fingerprint density at radius 2 is 1.84 bits per heavy atom. The van der Waals surface area contributed by atoms with Gasteiger partial charge in [0.15, 0.2) is 5.69 Å². The van der Waals surface area contributed by atoms with E-state index in [2.05, 4.69) is 14.9 Å². The zero-order valence-electron chi connectivity index (χ0n) is 17.1. The molecule has 0 aliphatic heterocycles. The first-order chi connectivity index (χ1) is 15.7. The maximum absolute atomic E-state index is 13.0. The standard InChI is InChI=1S/C25H20ClN5O/c26-21-8-6-18(7-9-21)15-28-25(32)23-22-5-1-2-12-31(22)24(29-23)20-10-13-30(17-20)16-19-4-3-11-27-14-19/h1-14,17H,15-16H2,(H,28,32). The highest BCUT2D eigenvalue weighted by atomic mass is 35.5. The summed E-state index contributed by atoms with van der Waals surface area (Å²) in [5, 5.41) is 3.63. The van der Waals surface area contributed by atoms with Crippen molar-refractivity contribution in [3.63, 3.8) is 0 Å². The third-order valence-electron chi connectivity index (χ3n) is 5.23. The lowest BCUT2D eigenvalue weighted by molar-refractivity contribution is 0.0948. The van der Waals surface area contributed by atoms with Crippen molar-refractivity contribution in [2.45, 2.75) is 13.1 Å². The number of amides is 1. The van der Waals surface area contributed by atoms with E-state index < -0.39 is 0 Å². The number of rotatable bonds is 6. The molecule has 1 amide bonds. The Kier molecular flexibility index (Phi) is 5.44. The quantitative estimate of drug-likeness (QED) is 0.410. The van der Waals surface area contributed by atoms with Crippen molar-refractivity contribution >= 4 is 23.0 Å². The highest BCUT2D eigenvalue weighted by molar-refractivity contribution is 6.30. The lowest BCUT2D eigenvalue weighted by atomic mass is 10.2. The van der Waals surface area contributed by atoms with Gasteiger partial charge in [-0.05, 0) is 47.5 Å². The van der Waals surface area contributed by atoms with Crippen LogP contribution in [0.15, 0.2) is 91.6 Å². The van der Waals surface area contributed by atoms with Crippen molar-refractivity contribution in [3.05, 3.63) is 113 Å². The van der Waals surface area contributed by atoms with Crippen molar-refractivity contribution in [3.8, 4) is 11.4 Å². The predicted molar refractivity (Wildman–Crippen MR) is 125 cm³/mol. The first-order valence-electron chi connectivity index (χ1n) is 10.2. The zero-order valence-corrected chi connectivity index (χ0v) is 17.9. The zero-order chi connectivity index (χ0) is 21.9. The number of benzene rings is 1. The van der Waals surface area contributed by atoms with Crippen LogP contribution in [0.1, 0.15) is 21.6 Å². The van der Waals surface area contributed by atoms with Gasteiger partial charge in [-0.2, -0.15) is 0 Å². The van der Waals surface area contributed by atoms with Gasteiger partial charge in [-0.15, -0.1) is 0 Å². The van der Waals surface area contributed by atoms with Crippen molar-refractivity contribution in [2.75, 3.05) is 0 Å². The second-order valence-electron chi connectivity index (χ2n) is 7.48. The Morgan fingerprint density at radius 3 is 2.66 bits per heavy atom. The molecular formula is C25H20ClN5O. The van der Waals surface area contributed by atoms with E-state index in [0.29, 0.717) is 23.8 Å². The first kappa shape index (κ1) is 20.0. The summed E-state index contributed by atoms with van der Waals surface area (Å²) in [7, 11) is 0. The first-order valence-corrected chi connectivity index (χ1v) is 10.6. The summed E-state index contributed by atoms with van der Waals surface area (Å²) in [6, 6.07) is 19.1. The van der Waals surface area contributed by atoms with Crippen LogP contribution in [0.25, 0.3) is 16.9 Å². The third kappa shape index (κ3) is 4.13. The number of aromatic nitrogens is 4. The highest BCUT2D eigenvalue weighted by Crippen LogP contribution is 2.24. The molecule has 0 atom stereocenters. The molecule has 1 N–H and O–H groups in total. The Labute approximate surface area is 190 Å². The lowest BCUT2D eigenvalue weighted by Crippen LogP contribution is -2.23. The van der Waals surface area contributed by atoms with Crippen LogP contribution in [0.5, 0.6) is 0 Å². The molecule has 4 heterocycles. The summed E-state index contributed by atoms with van der Waals surface area (Å²) in [6.07, 6.45) is 9.58. The number of imidazole rings is 1. The molecule has 0 fully saturated rings. The Bertz CT molecular complexity index is 1370. The van der Waals surface area contributed by atoms with E-state index in [9.17, 15) is 4.79 Å². The summed E-state index contributed by atoms with van der Waals surface area (Å²) in [5.74, 6) is 0.506. The summed E-state index contributed by atoms with van der Waals surface area (Å²) in [6.45, 7) is 1.12. The molecular weight excluding hydrogens is 422 g/mol. The van der Waals surface area contributed by atoms with Gasteiger partial charge in [-0.1, -0.05) is 35.9 Å². The Morgan fingerprint density at radius 1 is 0.969 bits per heavy atom. The summed E-state index contributed by atoms with van der Waals surface area (Å²) < 4.78 is 4.03. The van der Waals surface area contributed by atoms with Crippen LogP contribution in [0.4, 0.5) is 0 Å². The van der Waals surface area contributed by atoms with Gasteiger partial charge >= 0.3 is 0 Å². The second kappa shape index (κ2) is 8.69. The number of nitrogens with zero attached hydrogens (tertiary/aromatic N) is 4. The molecule has 5 rings (SSSR count). The van der Waals surface area contributed by atoms with Crippen LogP contribution < -0.4 is 5.32 Å². The fraction of sp³-hybridized carbons (Fsp3) is 0.0800. The van der Waals surface area contributed by atoms with Gasteiger partial charge in [0, 0.05) is 54.7 Å². The van der Waals surface area contributed by atoms with Gasteiger partial charge in [-0.25, -0.2) is 4.98 Å². The number of halogens is 1. The molecule has 0 unspecified atom stereocenters. The maximum Gasteiger partial charge on any atom is 0.272 e. The number of pyridine rings is 2. The fourth-order valence-electron chi connectivity index (χ4n) is 3.65. The molecule has 0 bridgehead atoms. The molecule has 0 saturated heterocycles. The number of fused-ring (bicyclic) bond motifs is 1. The van der Waals surface area contributed by atoms with Gasteiger partial charge in [0.1, 0.15) is 5.82 Å². The monoisotopic (exact) mass is 441 g/mol. The van der Waals surface area contributed by atoms with E-state index in [0.717, 1.165) is 28.0 Å². The van der Waals surface area contributed by atoms with E-state index in [4.69, 9.17) is 16.6 Å². The van der Waals surface area contributed by atoms with Gasteiger partial charge in [0.2, 0.25) is 0 Å². The Hall–Kier alpha value is -3.90. The van der Waals surface area contributed by atoms with Crippen LogP contribution in [0.3, 0.4) is 0 Å². The largest absolute Gasteiger partial charge is 0.349 e. The molecule has 32 heavy (non-hydrogen) atoms. The van der Waals surface area contributed by atoms with Gasteiger partial charge < -0.3 is 9.88 Å². The minimum Gasteiger partial charge on any atom is -0.349 e. The molecule has 0 saturated carbocycles. The van der Waals surface area contributed by atoms with E-state index in [1.165, 1.54) is 0 Å². The summed E-state index contributed by atoms with van der Waals surface area (Å²) in [5.41, 5.74) is 4.18. The minimum atomic E-state index is -0.218. The molecule has 0 aliphatic carbocycles. The van der Waals surface area contributed by atoms with Gasteiger partial charge in [-0.3, -0.25) is 14.2 Å². The molecule has 6 nitrogen and oxygen atoms in total. The molecule has 5 aromatic rings. The molecule has 0 spiro atoms. The average molecular weight is 442 g/mol. The van der Waals surface area contributed by atoms with Crippen LogP contribution in [0, 0.1) is 0 Å². The second-order valence-corrected chi connectivity index (χ2v) is 7.92. The molecule has 7 heteroatoms. The van der Waals surface area contributed by atoms with Crippen molar-refractivity contribution in [2.24, 2.45) is 0 Å². The lowest BCUT2D eigenvalue weighted by Gasteiger charge is -2.04. The minimum absolute atomic E-state index is 0.218. The van der Waals surface area contributed by atoms with E-state index >= 15 is 0 Å². The summed E-state index contributed by atoms with van der Waals surface area (Å²) >= 11 is 5.94. The molecule has 4 aromatic heterocycles. The van der Waals surface area contributed by atoms with Gasteiger partial charge in [0.25, 0.3) is 5.91 Å². The van der Waals surface area contributed by atoms with Crippen LogP contribution in [-0.4, -0.2) is 24.8 Å². The average Bonchev–Trinajstić information content (AvgIpc) is 3.44. The van der Waals surface area contributed by atoms with Crippen molar-refractivity contribution < 1.29 is 4.79 Å². The maximum atomic E-state index is 13.0. The molecule has 0 radical (unpaired) electrons. The van der Waals surface area contributed by atoms with E-state index in [1.54, 1.807) is 6.20 Å². The van der Waals surface area contributed by atoms with Crippen LogP contribution in [-0.2, 0) is 13.1 Å². The van der Waals surface area contributed by atoms with Gasteiger partial charge in [0.05, 0.1) is 5.52 Å². The smallest absolute Gasteiger partial charge is 0.272 e. The molecule has 0 aliphatic rings. The van der Waals surface area contributed by atoms with Crippen LogP contribution in [0.2, 0.25) is 5.02 Å². The fourth-order valence-corrected chi connectivity index (χ4v) is 3.78. The van der Waals surface area contributed by atoms with Crippen LogP contribution >= 0.6 is 11.6 Å². The SMILES string of the molecule is O=C(NCc1ccc(Cl)cc1)c1nc(-c2ccn(Cc3cccnc3)c2)n2ccccc12. The molecule has 1 aromatic carbocycles. The third-order valence-corrected chi connectivity index (χ3v) is 5.48. The van der Waals surface area contributed by atoms with E-state index in [-0.39, 0.29) is 5.91 Å². The Balaban J connectivity index is 1.41. The summed E-state index contributed by atoms with van der Waals surface area (Å²) in [4.78, 5) is 21.8. The normalized spacial score (nSPS) is 11.0. The predicted octanol–water partition coefficient (Wildman–Crippen LogP) is 4.83. The number of hydrogen-bond acceptors (Lipinski definition) is 3. The van der Waals surface area contributed by atoms with E-state index in [1.807, 2.05) is 89.9 Å². The van der Waals surface area contributed by atoms with Crippen molar-refractivity contribution in [1.29, 1.82) is 0 Å².